The summed E-state index contributed by atoms with van der Waals surface area (Å²) in [6.07, 6.45) is -3.69. The number of nitrogens with zero attached hydrogens (tertiary/aromatic N) is 3. The van der Waals surface area contributed by atoms with E-state index in [0.29, 0.717) is 11.3 Å². The number of aromatic nitrogens is 2. The second-order valence-corrected chi connectivity index (χ2v) is 6.66. The molecule has 0 saturated carbocycles. The van der Waals surface area contributed by atoms with Crippen LogP contribution >= 0.6 is 11.6 Å². The number of ketones is 1. The molecule has 0 amide bonds. The van der Waals surface area contributed by atoms with Gasteiger partial charge in [-0.25, -0.2) is 9.97 Å². The third kappa shape index (κ3) is 5.07. The normalized spacial score (nSPS) is 11.1. The van der Waals surface area contributed by atoms with Gasteiger partial charge in [-0.1, -0.05) is 11.6 Å². The summed E-state index contributed by atoms with van der Waals surface area (Å²) < 4.78 is 39.2. The average Bonchev–Trinajstić information content (AvgIpc) is 2.69. The van der Waals surface area contributed by atoms with Crippen LogP contribution in [0.15, 0.2) is 48.8 Å². The maximum atomic E-state index is 13.1. The van der Waals surface area contributed by atoms with Crippen LogP contribution in [-0.4, -0.2) is 20.7 Å². The van der Waals surface area contributed by atoms with Gasteiger partial charge in [0.2, 0.25) is 11.6 Å². The SMILES string of the molecule is CC(=O)c1ccc(Nc2ncnc(Nc3ccc(Cl)c(C(F)(F)F)c3)c2[N+](=O)[O-])cc1. The van der Waals surface area contributed by atoms with Crippen LogP contribution < -0.4 is 10.6 Å². The van der Waals surface area contributed by atoms with Crippen LogP contribution in [0.5, 0.6) is 0 Å². The quantitative estimate of drug-likeness (QED) is 0.279. The fourth-order valence-corrected chi connectivity index (χ4v) is 2.84. The number of rotatable bonds is 6. The van der Waals surface area contributed by atoms with Crippen molar-refractivity contribution in [1.29, 1.82) is 0 Å². The smallest absolute Gasteiger partial charge is 0.334 e. The van der Waals surface area contributed by atoms with Crippen LogP contribution in [0.1, 0.15) is 22.8 Å². The Morgan fingerprint density at radius 3 is 2.10 bits per heavy atom. The molecular weight excluding hydrogens is 439 g/mol. The second-order valence-electron chi connectivity index (χ2n) is 6.25. The third-order valence-electron chi connectivity index (χ3n) is 4.09. The van der Waals surface area contributed by atoms with E-state index in [1.54, 1.807) is 0 Å². The number of nitrogens with one attached hydrogen (secondary N) is 2. The first-order valence-electron chi connectivity index (χ1n) is 8.57. The Hall–Kier alpha value is -3.73. The summed E-state index contributed by atoms with van der Waals surface area (Å²) in [5.74, 6) is -0.659. The van der Waals surface area contributed by atoms with Crippen LogP contribution in [0.3, 0.4) is 0 Å². The topological polar surface area (TPSA) is 110 Å². The zero-order chi connectivity index (χ0) is 22.8. The zero-order valence-corrected chi connectivity index (χ0v) is 16.5. The first-order chi connectivity index (χ1) is 14.6. The molecule has 2 aromatic carbocycles. The summed E-state index contributed by atoms with van der Waals surface area (Å²) in [4.78, 5) is 29.9. The average molecular weight is 452 g/mol. The molecule has 12 heteroatoms. The maximum absolute atomic E-state index is 13.1. The Kier molecular flexibility index (Phi) is 6.07. The highest BCUT2D eigenvalue weighted by atomic mass is 35.5. The molecular formula is C19H13ClF3N5O3. The van der Waals surface area contributed by atoms with Crippen molar-refractivity contribution in [2.45, 2.75) is 13.1 Å². The van der Waals surface area contributed by atoms with E-state index in [9.17, 15) is 28.1 Å². The van der Waals surface area contributed by atoms with Crippen molar-refractivity contribution in [3.05, 3.63) is 75.1 Å². The van der Waals surface area contributed by atoms with Crippen molar-refractivity contribution in [3.63, 3.8) is 0 Å². The highest BCUT2D eigenvalue weighted by Gasteiger charge is 2.33. The maximum Gasteiger partial charge on any atom is 0.417 e. The number of anilines is 4. The monoisotopic (exact) mass is 451 g/mol. The lowest BCUT2D eigenvalue weighted by molar-refractivity contribution is -0.383. The molecule has 3 rings (SSSR count). The summed E-state index contributed by atoms with van der Waals surface area (Å²) in [6.45, 7) is 1.40. The van der Waals surface area contributed by atoms with Gasteiger partial charge >= 0.3 is 11.9 Å². The third-order valence-corrected chi connectivity index (χ3v) is 4.42. The molecule has 0 fully saturated rings. The van der Waals surface area contributed by atoms with E-state index >= 15 is 0 Å². The minimum atomic E-state index is -4.70. The fourth-order valence-electron chi connectivity index (χ4n) is 2.62. The standard InChI is InChI=1S/C19H13ClF3N5O3/c1-10(29)11-2-4-12(5-3-11)26-17-16(28(30)31)18(25-9-24-17)27-13-6-7-15(20)14(8-13)19(21,22)23/h2-9H,1H3,(H2,24,25,26,27). The Labute approximate surface area is 178 Å². The number of carbonyl (C=O) groups is 1. The summed E-state index contributed by atoms with van der Waals surface area (Å²) in [6, 6.07) is 9.11. The van der Waals surface area contributed by atoms with Gasteiger partial charge in [0.15, 0.2) is 5.78 Å². The first-order valence-corrected chi connectivity index (χ1v) is 8.95. The van der Waals surface area contributed by atoms with E-state index in [2.05, 4.69) is 20.6 Å². The highest BCUT2D eigenvalue weighted by molar-refractivity contribution is 6.31. The minimum Gasteiger partial charge on any atom is -0.334 e. The molecule has 8 nitrogen and oxygen atoms in total. The van der Waals surface area contributed by atoms with Crippen molar-refractivity contribution in [1.82, 2.24) is 9.97 Å². The predicted molar refractivity (Wildman–Crippen MR) is 108 cm³/mol. The molecule has 2 N–H and O–H groups in total. The molecule has 0 radical (unpaired) electrons. The molecule has 0 aliphatic heterocycles. The molecule has 1 aromatic heterocycles. The van der Waals surface area contributed by atoms with Crippen LogP contribution in [0.25, 0.3) is 0 Å². The number of benzene rings is 2. The largest absolute Gasteiger partial charge is 0.417 e. The number of nitro groups is 1. The molecule has 0 unspecified atom stereocenters. The Morgan fingerprint density at radius 1 is 1.03 bits per heavy atom. The zero-order valence-electron chi connectivity index (χ0n) is 15.7. The molecule has 0 aliphatic rings. The van der Waals surface area contributed by atoms with E-state index in [4.69, 9.17) is 11.6 Å². The predicted octanol–water partition coefficient (Wildman–Crippen LogP) is 5.75. The number of alkyl halides is 3. The molecule has 1 heterocycles. The second kappa shape index (κ2) is 8.56. The van der Waals surface area contributed by atoms with Gasteiger partial charge in [0.05, 0.1) is 15.5 Å². The lowest BCUT2D eigenvalue weighted by Crippen LogP contribution is -2.08. The van der Waals surface area contributed by atoms with Gasteiger partial charge in [-0.2, -0.15) is 13.2 Å². The number of hydrogen-bond donors (Lipinski definition) is 2. The lowest BCUT2D eigenvalue weighted by Gasteiger charge is -2.13. The lowest BCUT2D eigenvalue weighted by atomic mass is 10.1. The van der Waals surface area contributed by atoms with Gasteiger partial charge in [0, 0.05) is 16.9 Å². The molecule has 0 aliphatic carbocycles. The van der Waals surface area contributed by atoms with E-state index in [-0.39, 0.29) is 23.1 Å². The Balaban J connectivity index is 1.96. The van der Waals surface area contributed by atoms with Gasteiger partial charge in [-0.15, -0.1) is 0 Å². The Morgan fingerprint density at radius 2 is 1.58 bits per heavy atom. The number of Topliss-reactive ketones (excluding diaryl/α,β-unsaturated/α-hetero) is 1. The summed E-state index contributed by atoms with van der Waals surface area (Å²) in [5.41, 5.74) is -0.923. The Bertz CT molecular complexity index is 1150. The van der Waals surface area contributed by atoms with Crippen molar-refractivity contribution < 1.29 is 22.9 Å². The van der Waals surface area contributed by atoms with Crippen LogP contribution in [0, 0.1) is 10.1 Å². The summed E-state index contributed by atoms with van der Waals surface area (Å²) >= 11 is 5.60. The molecule has 3 aromatic rings. The molecule has 0 atom stereocenters. The molecule has 0 bridgehead atoms. The molecule has 31 heavy (non-hydrogen) atoms. The van der Waals surface area contributed by atoms with Crippen molar-refractivity contribution in [3.8, 4) is 0 Å². The van der Waals surface area contributed by atoms with Crippen LogP contribution in [0.2, 0.25) is 5.02 Å². The minimum absolute atomic E-state index is 0.102. The van der Waals surface area contributed by atoms with Crippen molar-refractivity contribution in [2.75, 3.05) is 10.6 Å². The highest BCUT2D eigenvalue weighted by Crippen LogP contribution is 2.38. The molecule has 0 saturated heterocycles. The number of halogens is 4. The van der Waals surface area contributed by atoms with E-state index in [0.717, 1.165) is 18.5 Å². The van der Waals surface area contributed by atoms with Gasteiger partial charge in [0.1, 0.15) is 6.33 Å². The van der Waals surface area contributed by atoms with Crippen molar-refractivity contribution in [2.24, 2.45) is 0 Å². The molecule has 0 spiro atoms. The first kappa shape index (κ1) is 22.0. The van der Waals surface area contributed by atoms with Crippen LogP contribution in [-0.2, 0) is 6.18 Å². The number of carbonyl (C=O) groups excluding carboxylic acids is 1. The summed E-state index contributed by atoms with van der Waals surface area (Å²) in [7, 11) is 0. The van der Waals surface area contributed by atoms with E-state index in [1.807, 2.05) is 0 Å². The summed E-state index contributed by atoms with van der Waals surface area (Å²) in [5, 5.41) is 16.4. The molecule has 160 valence electrons. The van der Waals surface area contributed by atoms with Gasteiger partial charge in [0.25, 0.3) is 0 Å². The van der Waals surface area contributed by atoms with Crippen LogP contribution in [0.4, 0.5) is 41.9 Å². The van der Waals surface area contributed by atoms with E-state index in [1.165, 1.54) is 37.3 Å². The van der Waals surface area contributed by atoms with E-state index < -0.39 is 27.4 Å². The van der Waals surface area contributed by atoms with Gasteiger partial charge in [-0.05, 0) is 49.4 Å². The van der Waals surface area contributed by atoms with Gasteiger partial charge in [-0.3, -0.25) is 14.9 Å². The fraction of sp³-hybridized carbons (Fsp3) is 0.105. The number of hydrogen-bond acceptors (Lipinski definition) is 7. The van der Waals surface area contributed by atoms with Gasteiger partial charge < -0.3 is 10.6 Å². The van der Waals surface area contributed by atoms with Crippen molar-refractivity contribution >= 4 is 46.1 Å².